The van der Waals surface area contributed by atoms with E-state index in [0.717, 1.165) is 12.8 Å². The van der Waals surface area contributed by atoms with Gasteiger partial charge in [-0.3, -0.25) is 0 Å². The van der Waals surface area contributed by atoms with E-state index in [4.69, 9.17) is 5.10 Å². The summed E-state index contributed by atoms with van der Waals surface area (Å²) in [5, 5.41) is 4.91. The maximum atomic E-state index is 4.91. The van der Waals surface area contributed by atoms with E-state index in [1.54, 1.807) is 0 Å². The van der Waals surface area contributed by atoms with E-state index in [1.807, 2.05) is 0 Å². The molecule has 0 saturated heterocycles. The molecule has 0 fully saturated rings. The number of aromatic nitrogens is 3. The van der Waals surface area contributed by atoms with E-state index in [1.165, 1.54) is 46.0 Å². The van der Waals surface area contributed by atoms with Crippen LogP contribution in [0.25, 0.3) is 22.6 Å². The molecule has 0 bridgehead atoms. The molecule has 3 heteroatoms. The van der Waals surface area contributed by atoms with E-state index in [-0.39, 0.29) is 0 Å². The van der Waals surface area contributed by atoms with Crippen LogP contribution in [0.2, 0.25) is 0 Å². The molecule has 0 N–H and O–H groups in total. The van der Waals surface area contributed by atoms with Gasteiger partial charge in [0.05, 0.1) is 11.3 Å². The van der Waals surface area contributed by atoms with Crippen LogP contribution in [-0.4, -0.2) is 9.61 Å². The Morgan fingerprint density at radius 3 is 2.40 bits per heavy atom. The van der Waals surface area contributed by atoms with Crippen molar-refractivity contribution in [3.05, 3.63) is 83.7 Å². The predicted octanol–water partition coefficient (Wildman–Crippen LogP) is 4.08. The highest BCUT2D eigenvalue weighted by Crippen LogP contribution is 2.28. The minimum absolute atomic E-state index is 1.09. The Bertz CT molecular complexity index is 1060. The minimum atomic E-state index is 1.09. The zero-order valence-corrected chi connectivity index (χ0v) is 14.3. The van der Waals surface area contributed by atoms with Gasteiger partial charge in [0, 0.05) is 18.6 Å². The molecule has 4 aromatic rings. The largest absolute Gasteiger partial charge is 0.318 e. The standard InChI is InChI=1S/C22H20N3/c1-16-15-21(17-9-4-2-5-10-17)24(18-11-6-3-7-12-18)22-19-13-8-14-20(19)23-25(16)22/h2-7,9-12,15H,8,13-14H2,1H3/q+1. The maximum Gasteiger partial charge on any atom is 0.318 e. The number of aryl methyl sites for hydroxylation is 3. The molecule has 0 unspecified atom stereocenters. The Hall–Kier alpha value is -2.94. The van der Waals surface area contributed by atoms with Crippen molar-refractivity contribution in [3.8, 4) is 16.9 Å². The third-order valence-electron chi connectivity index (χ3n) is 5.10. The van der Waals surface area contributed by atoms with Gasteiger partial charge >= 0.3 is 5.65 Å². The molecule has 0 spiro atoms. The van der Waals surface area contributed by atoms with E-state index in [0.29, 0.717) is 0 Å². The first-order valence-corrected chi connectivity index (χ1v) is 8.90. The summed E-state index contributed by atoms with van der Waals surface area (Å²) < 4.78 is 4.50. The monoisotopic (exact) mass is 326 g/mol. The fourth-order valence-electron chi connectivity index (χ4n) is 3.95. The Balaban J connectivity index is 1.94. The number of hydrogen-bond acceptors (Lipinski definition) is 1. The van der Waals surface area contributed by atoms with Gasteiger partial charge < -0.3 is 0 Å². The van der Waals surface area contributed by atoms with Gasteiger partial charge in [0.25, 0.3) is 0 Å². The second-order valence-electron chi connectivity index (χ2n) is 6.72. The molecule has 0 amide bonds. The Kier molecular flexibility index (Phi) is 3.20. The van der Waals surface area contributed by atoms with E-state index in [2.05, 4.69) is 82.7 Å². The second kappa shape index (κ2) is 5.55. The first-order chi connectivity index (χ1) is 12.3. The van der Waals surface area contributed by atoms with Crippen LogP contribution in [-0.2, 0) is 12.8 Å². The van der Waals surface area contributed by atoms with Gasteiger partial charge in [0.2, 0.25) is 0 Å². The number of nitrogens with zero attached hydrogens (tertiary/aromatic N) is 3. The Morgan fingerprint density at radius 2 is 1.64 bits per heavy atom. The zero-order valence-electron chi connectivity index (χ0n) is 14.3. The van der Waals surface area contributed by atoms with Crippen LogP contribution in [0.15, 0.2) is 66.7 Å². The molecule has 0 radical (unpaired) electrons. The van der Waals surface area contributed by atoms with Crippen molar-refractivity contribution in [2.45, 2.75) is 26.2 Å². The summed E-state index contributed by atoms with van der Waals surface area (Å²) in [5.74, 6) is 0. The van der Waals surface area contributed by atoms with Gasteiger partial charge in [-0.15, -0.1) is 4.52 Å². The number of hydrogen-bond donors (Lipinski definition) is 0. The van der Waals surface area contributed by atoms with E-state index in [9.17, 15) is 0 Å². The fourth-order valence-corrected chi connectivity index (χ4v) is 3.95. The highest BCUT2D eigenvalue weighted by Gasteiger charge is 2.30. The van der Waals surface area contributed by atoms with Crippen molar-refractivity contribution < 1.29 is 4.57 Å². The molecular weight excluding hydrogens is 306 g/mol. The molecule has 3 nitrogen and oxygen atoms in total. The van der Waals surface area contributed by atoms with Gasteiger partial charge in [-0.25, -0.2) is 0 Å². The molecule has 0 aliphatic heterocycles. The highest BCUT2D eigenvalue weighted by molar-refractivity contribution is 5.61. The SMILES string of the molecule is Cc1cc(-c2ccccc2)[n+](-c2ccccc2)c2c3c(nn12)CCC3. The van der Waals surface area contributed by atoms with Crippen LogP contribution in [0.4, 0.5) is 0 Å². The van der Waals surface area contributed by atoms with E-state index >= 15 is 0 Å². The van der Waals surface area contributed by atoms with Crippen LogP contribution in [0.1, 0.15) is 23.4 Å². The summed E-state index contributed by atoms with van der Waals surface area (Å²) in [7, 11) is 0. The molecule has 1 aliphatic rings. The summed E-state index contributed by atoms with van der Waals surface area (Å²) in [5.41, 5.74) is 8.69. The minimum Gasteiger partial charge on any atom is -0.190 e. The lowest BCUT2D eigenvalue weighted by atomic mass is 10.1. The van der Waals surface area contributed by atoms with Crippen molar-refractivity contribution >= 4 is 5.65 Å². The van der Waals surface area contributed by atoms with Gasteiger partial charge in [-0.1, -0.05) is 53.6 Å². The Morgan fingerprint density at radius 1 is 0.920 bits per heavy atom. The topological polar surface area (TPSA) is 21.2 Å². The van der Waals surface area contributed by atoms with Crippen molar-refractivity contribution in [3.63, 3.8) is 0 Å². The molecule has 0 saturated carbocycles. The van der Waals surface area contributed by atoms with Crippen molar-refractivity contribution in [2.24, 2.45) is 0 Å². The zero-order chi connectivity index (χ0) is 16.8. The van der Waals surface area contributed by atoms with E-state index < -0.39 is 0 Å². The lowest BCUT2D eigenvalue weighted by Crippen LogP contribution is -2.37. The lowest BCUT2D eigenvalue weighted by Gasteiger charge is -2.10. The van der Waals surface area contributed by atoms with Crippen LogP contribution in [0.3, 0.4) is 0 Å². The molecular formula is C22H20N3+. The fraction of sp³-hybridized carbons (Fsp3) is 0.182. The smallest absolute Gasteiger partial charge is 0.190 e. The third-order valence-corrected chi connectivity index (χ3v) is 5.10. The predicted molar refractivity (Wildman–Crippen MR) is 98.9 cm³/mol. The molecule has 5 rings (SSSR count). The molecule has 0 atom stereocenters. The normalized spacial score (nSPS) is 13.3. The summed E-state index contributed by atoms with van der Waals surface area (Å²) in [4.78, 5) is 0. The number of benzene rings is 2. The van der Waals surface area contributed by atoms with Gasteiger partial charge in [-0.05, 0) is 31.4 Å². The number of fused-ring (bicyclic) bond motifs is 3. The van der Waals surface area contributed by atoms with Crippen LogP contribution in [0, 0.1) is 6.92 Å². The summed E-state index contributed by atoms with van der Waals surface area (Å²) in [6.45, 7) is 2.15. The average molecular weight is 326 g/mol. The van der Waals surface area contributed by atoms with Crippen molar-refractivity contribution in [2.75, 3.05) is 0 Å². The Labute approximate surface area is 147 Å². The third kappa shape index (κ3) is 2.19. The molecule has 2 heterocycles. The van der Waals surface area contributed by atoms with Crippen LogP contribution >= 0.6 is 0 Å². The molecule has 1 aliphatic carbocycles. The van der Waals surface area contributed by atoms with Crippen LogP contribution in [0.5, 0.6) is 0 Å². The quantitative estimate of drug-likeness (QED) is 0.509. The molecule has 25 heavy (non-hydrogen) atoms. The molecule has 2 aromatic heterocycles. The van der Waals surface area contributed by atoms with Gasteiger partial charge in [0.1, 0.15) is 17.1 Å². The summed E-state index contributed by atoms with van der Waals surface area (Å²) >= 11 is 0. The summed E-state index contributed by atoms with van der Waals surface area (Å²) in [6.07, 6.45) is 3.41. The average Bonchev–Trinajstić information content (AvgIpc) is 3.25. The van der Waals surface area contributed by atoms with Crippen molar-refractivity contribution in [1.82, 2.24) is 9.61 Å². The maximum absolute atomic E-state index is 4.91. The lowest BCUT2D eigenvalue weighted by molar-refractivity contribution is -0.559. The summed E-state index contributed by atoms with van der Waals surface area (Å²) in [6, 6.07) is 23.5. The molecule has 122 valence electrons. The second-order valence-corrected chi connectivity index (χ2v) is 6.72. The van der Waals surface area contributed by atoms with Crippen LogP contribution < -0.4 is 4.57 Å². The highest BCUT2D eigenvalue weighted by atomic mass is 15.3. The van der Waals surface area contributed by atoms with Gasteiger partial charge in [0.15, 0.2) is 0 Å². The first kappa shape index (κ1) is 14.4. The number of para-hydroxylation sites is 1. The first-order valence-electron chi connectivity index (χ1n) is 8.90. The van der Waals surface area contributed by atoms with Crippen molar-refractivity contribution in [1.29, 1.82) is 0 Å². The molecule has 2 aromatic carbocycles. The van der Waals surface area contributed by atoms with Gasteiger partial charge in [-0.2, -0.15) is 4.57 Å². The number of rotatable bonds is 2.